The highest BCUT2D eigenvalue weighted by molar-refractivity contribution is 8.00. The molecule has 0 radical (unpaired) electrons. The van der Waals surface area contributed by atoms with E-state index in [1.165, 1.54) is 7.11 Å². The van der Waals surface area contributed by atoms with Crippen LogP contribution in [0.5, 0.6) is 0 Å². The molecule has 0 fully saturated rings. The lowest BCUT2D eigenvalue weighted by atomic mass is 10.1. The van der Waals surface area contributed by atoms with Crippen LogP contribution in [0.4, 0.5) is 4.39 Å². The lowest BCUT2D eigenvalue weighted by molar-refractivity contribution is -0.140. The van der Waals surface area contributed by atoms with E-state index >= 15 is 0 Å². The van der Waals surface area contributed by atoms with Crippen molar-refractivity contribution in [1.29, 1.82) is 0 Å². The fourth-order valence-corrected chi connectivity index (χ4v) is 2.96. The van der Waals surface area contributed by atoms with Crippen LogP contribution in [0.3, 0.4) is 0 Å². The molecule has 0 aromatic carbocycles. The molecule has 2 nitrogen and oxygen atoms in total. The van der Waals surface area contributed by atoms with Gasteiger partial charge in [0.25, 0.3) is 0 Å². The molecule has 0 rings (SSSR count). The van der Waals surface area contributed by atoms with Gasteiger partial charge in [0, 0.05) is 0 Å². The van der Waals surface area contributed by atoms with Gasteiger partial charge in [-0.3, -0.25) is 4.79 Å². The Hall–Kier alpha value is -0.250. The van der Waals surface area contributed by atoms with Crippen LogP contribution in [-0.4, -0.2) is 30.3 Å². The fraction of sp³-hybridized carbons (Fsp3) is 0.929. The molecule has 0 amide bonds. The van der Waals surface area contributed by atoms with Crippen molar-refractivity contribution >= 4 is 17.7 Å². The quantitative estimate of drug-likeness (QED) is 0.415. The molecule has 108 valence electrons. The van der Waals surface area contributed by atoms with Crippen molar-refractivity contribution in [3.8, 4) is 0 Å². The SMILES string of the molecule is CCCCC(SCCCC(F)CCC)C(=O)OC. The monoisotopic (exact) mass is 278 g/mol. The number of thioether (sulfide) groups is 1. The first kappa shape index (κ1) is 17.8. The number of hydrogen-bond donors (Lipinski definition) is 0. The van der Waals surface area contributed by atoms with Gasteiger partial charge in [-0.05, 0) is 31.4 Å². The molecule has 0 aliphatic carbocycles. The van der Waals surface area contributed by atoms with E-state index in [-0.39, 0.29) is 11.2 Å². The first-order chi connectivity index (χ1) is 8.65. The van der Waals surface area contributed by atoms with Crippen molar-refractivity contribution < 1.29 is 13.9 Å². The smallest absolute Gasteiger partial charge is 0.318 e. The van der Waals surface area contributed by atoms with E-state index in [9.17, 15) is 9.18 Å². The fourth-order valence-electron chi connectivity index (χ4n) is 1.78. The molecule has 0 heterocycles. The molecular formula is C14H27FO2S. The van der Waals surface area contributed by atoms with Gasteiger partial charge in [0.1, 0.15) is 11.4 Å². The number of rotatable bonds is 11. The normalized spacial score (nSPS) is 14.2. The second kappa shape index (κ2) is 11.8. The van der Waals surface area contributed by atoms with Gasteiger partial charge in [0.15, 0.2) is 0 Å². The Labute approximate surface area is 115 Å². The summed E-state index contributed by atoms with van der Waals surface area (Å²) in [6, 6.07) is 0. The van der Waals surface area contributed by atoms with Gasteiger partial charge in [-0.2, -0.15) is 0 Å². The number of hydrogen-bond acceptors (Lipinski definition) is 3. The van der Waals surface area contributed by atoms with Crippen LogP contribution in [-0.2, 0) is 9.53 Å². The Morgan fingerprint density at radius 3 is 2.44 bits per heavy atom. The predicted octanol–water partition coefficient (Wildman–Crippen LogP) is 4.37. The van der Waals surface area contributed by atoms with E-state index < -0.39 is 6.17 Å². The van der Waals surface area contributed by atoms with Gasteiger partial charge in [0.2, 0.25) is 0 Å². The zero-order valence-corrected chi connectivity index (χ0v) is 12.7. The topological polar surface area (TPSA) is 26.3 Å². The highest BCUT2D eigenvalue weighted by Crippen LogP contribution is 2.21. The maximum atomic E-state index is 13.3. The van der Waals surface area contributed by atoms with E-state index in [0.29, 0.717) is 12.8 Å². The summed E-state index contributed by atoms with van der Waals surface area (Å²) in [5.41, 5.74) is 0. The average Bonchev–Trinajstić information content (AvgIpc) is 2.37. The van der Waals surface area contributed by atoms with Crippen molar-refractivity contribution in [2.24, 2.45) is 0 Å². The number of esters is 1. The predicted molar refractivity (Wildman–Crippen MR) is 76.8 cm³/mol. The lowest BCUT2D eigenvalue weighted by Crippen LogP contribution is -2.19. The van der Waals surface area contributed by atoms with Crippen molar-refractivity contribution in [2.75, 3.05) is 12.9 Å². The minimum atomic E-state index is -0.678. The average molecular weight is 278 g/mol. The van der Waals surface area contributed by atoms with E-state index in [0.717, 1.165) is 37.9 Å². The zero-order chi connectivity index (χ0) is 13.8. The minimum Gasteiger partial charge on any atom is -0.468 e. The van der Waals surface area contributed by atoms with Crippen molar-refractivity contribution in [3.05, 3.63) is 0 Å². The molecule has 0 aliphatic rings. The number of halogens is 1. The summed E-state index contributed by atoms with van der Waals surface area (Å²) < 4.78 is 18.0. The second-order valence-corrected chi connectivity index (χ2v) is 5.86. The molecule has 2 atom stereocenters. The molecule has 0 aliphatic heterocycles. The summed E-state index contributed by atoms with van der Waals surface area (Å²) >= 11 is 1.61. The van der Waals surface area contributed by atoms with Crippen molar-refractivity contribution in [2.45, 2.75) is 70.2 Å². The third-order valence-electron chi connectivity index (χ3n) is 2.87. The summed E-state index contributed by atoms with van der Waals surface area (Å²) in [6.45, 7) is 4.11. The largest absolute Gasteiger partial charge is 0.468 e. The van der Waals surface area contributed by atoms with Gasteiger partial charge in [-0.25, -0.2) is 4.39 Å². The highest BCUT2D eigenvalue weighted by Gasteiger charge is 2.18. The Morgan fingerprint density at radius 2 is 1.89 bits per heavy atom. The molecule has 2 unspecified atom stereocenters. The number of carbonyl (C=O) groups excluding carboxylic acids is 1. The number of carbonyl (C=O) groups is 1. The van der Waals surface area contributed by atoms with Crippen LogP contribution >= 0.6 is 11.8 Å². The van der Waals surface area contributed by atoms with Gasteiger partial charge < -0.3 is 4.74 Å². The molecular weight excluding hydrogens is 251 g/mol. The second-order valence-electron chi connectivity index (χ2n) is 4.55. The summed E-state index contributed by atoms with van der Waals surface area (Å²) in [7, 11) is 1.43. The van der Waals surface area contributed by atoms with Crippen LogP contribution in [0.25, 0.3) is 0 Å². The summed E-state index contributed by atoms with van der Waals surface area (Å²) in [5.74, 6) is 0.701. The third kappa shape index (κ3) is 8.78. The number of methoxy groups -OCH3 is 1. The molecule has 0 spiro atoms. The van der Waals surface area contributed by atoms with Crippen molar-refractivity contribution in [1.82, 2.24) is 0 Å². The molecule has 0 N–H and O–H groups in total. The number of unbranched alkanes of at least 4 members (excludes halogenated alkanes) is 1. The van der Waals surface area contributed by atoms with Gasteiger partial charge >= 0.3 is 5.97 Å². The molecule has 0 saturated heterocycles. The Balaban J connectivity index is 3.78. The Bertz CT molecular complexity index is 212. The number of ether oxygens (including phenoxy) is 1. The Morgan fingerprint density at radius 1 is 1.17 bits per heavy atom. The van der Waals surface area contributed by atoms with Crippen molar-refractivity contribution in [3.63, 3.8) is 0 Å². The van der Waals surface area contributed by atoms with Gasteiger partial charge in [0.05, 0.1) is 7.11 Å². The first-order valence-electron chi connectivity index (χ1n) is 6.99. The molecule has 0 bridgehead atoms. The maximum absolute atomic E-state index is 13.3. The van der Waals surface area contributed by atoms with Crippen LogP contribution in [0.1, 0.15) is 58.8 Å². The molecule has 4 heteroatoms. The van der Waals surface area contributed by atoms with Gasteiger partial charge in [-0.1, -0.05) is 33.1 Å². The molecule has 18 heavy (non-hydrogen) atoms. The maximum Gasteiger partial charge on any atom is 0.318 e. The summed E-state index contributed by atoms with van der Waals surface area (Å²) in [4.78, 5) is 11.5. The molecule has 0 aromatic rings. The summed E-state index contributed by atoms with van der Waals surface area (Å²) in [6.07, 6.45) is 5.31. The van der Waals surface area contributed by atoms with E-state index in [4.69, 9.17) is 4.74 Å². The van der Waals surface area contributed by atoms with E-state index in [1.807, 2.05) is 6.92 Å². The first-order valence-corrected chi connectivity index (χ1v) is 8.04. The number of alkyl halides is 1. The van der Waals surface area contributed by atoms with Crippen LogP contribution in [0.15, 0.2) is 0 Å². The third-order valence-corrected chi connectivity index (χ3v) is 4.22. The zero-order valence-electron chi connectivity index (χ0n) is 11.9. The summed E-state index contributed by atoms with van der Waals surface area (Å²) in [5, 5.41) is -0.0702. The lowest BCUT2D eigenvalue weighted by Gasteiger charge is -2.14. The Kier molecular flexibility index (Phi) is 11.7. The van der Waals surface area contributed by atoms with E-state index in [1.54, 1.807) is 11.8 Å². The standard InChI is InChI=1S/C14H27FO2S/c1-4-6-10-13(14(16)17-3)18-11-7-9-12(15)8-5-2/h12-13H,4-11H2,1-3H3. The van der Waals surface area contributed by atoms with Crippen LogP contribution in [0, 0.1) is 0 Å². The van der Waals surface area contributed by atoms with Gasteiger partial charge in [-0.15, -0.1) is 11.8 Å². The van der Waals surface area contributed by atoms with E-state index in [2.05, 4.69) is 6.92 Å². The van der Waals surface area contributed by atoms with Crippen LogP contribution < -0.4 is 0 Å². The highest BCUT2D eigenvalue weighted by atomic mass is 32.2. The molecule has 0 aromatic heterocycles. The van der Waals surface area contributed by atoms with Crippen LogP contribution in [0.2, 0.25) is 0 Å². The molecule has 0 saturated carbocycles. The minimum absolute atomic E-state index is 0.0702.